The van der Waals surface area contributed by atoms with Gasteiger partial charge in [-0.25, -0.2) is 0 Å². The molecule has 1 heteroatoms. The number of hydrogen-bond acceptors (Lipinski definition) is 1. The average Bonchev–Trinajstić information content (AvgIpc) is 2.01. The van der Waals surface area contributed by atoms with Crippen molar-refractivity contribution in [3.8, 4) is 0 Å². The third-order valence-corrected chi connectivity index (χ3v) is 2.95. The van der Waals surface area contributed by atoms with Gasteiger partial charge in [0.25, 0.3) is 0 Å². The van der Waals surface area contributed by atoms with Gasteiger partial charge in [-0.2, -0.15) is 0 Å². The van der Waals surface area contributed by atoms with Gasteiger partial charge in [-0.3, -0.25) is 0 Å². The Hall–Kier alpha value is -0.0400. The second-order valence-corrected chi connectivity index (χ2v) is 5.11. The monoisotopic (exact) mass is 185 g/mol. The van der Waals surface area contributed by atoms with Crippen molar-refractivity contribution in [1.29, 1.82) is 0 Å². The predicted molar refractivity (Wildman–Crippen MR) is 61.1 cm³/mol. The van der Waals surface area contributed by atoms with Gasteiger partial charge >= 0.3 is 0 Å². The highest BCUT2D eigenvalue weighted by molar-refractivity contribution is 4.75. The van der Waals surface area contributed by atoms with E-state index in [1.54, 1.807) is 0 Å². The van der Waals surface area contributed by atoms with Crippen molar-refractivity contribution in [2.45, 2.75) is 59.4 Å². The molecule has 0 rings (SSSR count). The Morgan fingerprint density at radius 1 is 1.15 bits per heavy atom. The molecule has 0 aliphatic carbocycles. The second-order valence-electron chi connectivity index (χ2n) is 5.11. The van der Waals surface area contributed by atoms with Crippen molar-refractivity contribution in [2.24, 2.45) is 5.92 Å². The Bertz CT molecular complexity index is 124. The molecule has 0 radical (unpaired) electrons. The van der Waals surface area contributed by atoms with Gasteiger partial charge in [-0.15, -0.1) is 0 Å². The van der Waals surface area contributed by atoms with Crippen molar-refractivity contribution in [3.05, 3.63) is 0 Å². The minimum atomic E-state index is 0.321. The summed E-state index contributed by atoms with van der Waals surface area (Å²) in [6.07, 6.45) is 4.00. The summed E-state index contributed by atoms with van der Waals surface area (Å²) in [7, 11) is 2.23. The van der Waals surface area contributed by atoms with E-state index < -0.39 is 0 Å². The normalized spacial score (nSPS) is 15.0. The lowest BCUT2D eigenvalue weighted by molar-refractivity contribution is 0.143. The van der Waals surface area contributed by atoms with Crippen molar-refractivity contribution in [3.63, 3.8) is 0 Å². The van der Waals surface area contributed by atoms with Crippen LogP contribution in [0.5, 0.6) is 0 Å². The summed E-state index contributed by atoms with van der Waals surface area (Å²) in [5.41, 5.74) is 0.321. The molecule has 0 N–H and O–H groups in total. The van der Waals surface area contributed by atoms with Crippen LogP contribution in [0.2, 0.25) is 0 Å². The maximum atomic E-state index is 2.47. The summed E-state index contributed by atoms with van der Waals surface area (Å²) >= 11 is 0. The van der Waals surface area contributed by atoms with Crippen LogP contribution in [-0.4, -0.2) is 24.0 Å². The first kappa shape index (κ1) is 13.0. The fourth-order valence-electron chi connectivity index (χ4n) is 1.49. The average molecular weight is 185 g/mol. The largest absolute Gasteiger partial charge is 0.301 e. The van der Waals surface area contributed by atoms with Crippen LogP contribution >= 0.6 is 0 Å². The van der Waals surface area contributed by atoms with E-state index in [-0.39, 0.29) is 0 Å². The zero-order valence-corrected chi connectivity index (χ0v) is 10.4. The lowest BCUT2D eigenvalue weighted by Crippen LogP contribution is -2.41. The zero-order valence-electron chi connectivity index (χ0n) is 10.4. The topological polar surface area (TPSA) is 3.24 Å². The molecule has 0 fully saturated rings. The number of hydrogen-bond donors (Lipinski definition) is 0. The molecule has 1 nitrogen and oxygen atoms in total. The molecule has 0 aromatic carbocycles. The Labute approximate surface area is 84.5 Å². The van der Waals surface area contributed by atoms with Crippen LogP contribution in [0, 0.1) is 5.92 Å². The number of rotatable bonds is 5. The smallest absolute Gasteiger partial charge is 0.0122 e. The Morgan fingerprint density at radius 3 is 2.00 bits per heavy atom. The molecule has 0 spiro atoms. The fraction of sp³-hybridized carbons (Fsp3) is 1.00. The molecule has 1 atom stereocenters. The van der Waals surface area contributed by atoms with Crippen molar-refractivity contribution >= 4 is 0 Å². The van der Waals surface area contributed by atoms with Gasteiger partial charge in [0.2, 0.25) is 0 Å². The van der Waals surface area contributed by atoms with Gasteiger partial charge in [-0.1, -0.05) is 26.7 Å². The quantitative estimate of drug-likeness (QED) is 0.633. The van der Waals surface area contributed by atoms with Crippen molar-refractivity contribution in [2.75, 3.05) is 13.6 Å². The molecule has 0 aromatic heterocycles. The standard InChI is InChI=1S/C12H27N/c1-7-9-11(8-2)10-13(6)12(3,4)5/h11H,7-10H2,1-6H3. The summed E-state index contributed by atoms with van der Waals surface area (Å²) in [6, 6.07) is 0. The van der Waals surface area contributed by atoms with Gasteiger partial charge in [0.15, 0.2) is 0 Å². The molecule has 0 heterocycles. The van der Waals surface area contributed by atoms with Gasteiger partial charge in [0, 0.05) is 12.1 Å². The lowest BCUT2D eigenvalue weighted by atomic mass is 9.97. The van der Waals surface area contributed by atoms with Crippen molar-refractivity contribution in [1.82, 2.24) is 4.90 Å². The van der Waals surface area contributed by atoms with Crippen LogP contribution < -0.4 is 0 Å². The number of nitrogens with zero attached hydrogens (tertiary/aromatic N) is 1. The molecule has 0 aliphatic heterocycles. The van der Waals surface area contributed by atoms with Crippen LogP contribution in [0.15, 0.2) is 0 Å². The summed E-state index contributed by atoms with van der Waals surface area (Å²) in [6.45, 7) is 12.7. The summed E-state index contributed by atoms with van der Waals surface area (Å²) in [4.78, 5) is 2.47. The van der Waals surface area contributed by atoms with Crippen LogP contribution in [0.25, 0.3) is 0 Å². The molecule has 1 unspecified atom stereocenters. The maximum Gasteiger partial charge on any atom is 0.0122 e. The summed E-state index contributed by atoms with van der Waals surface area (Å²) in [5.74, 6) is 0.884. The zero-order chi connectivity index (χ0) is 10.5. The SMILES string of the molecule is CCCC(CC)CN(C)C(C)(C)C. The van der Waals surface area contributed by atoms with Gasteiger partial charge in [-0.05, 0) is 40.2 Å². The molecule has 13 heavy (non-hydrogen) atoms. The summed E-state index contributed by atoms with van der Waals surface area (Å²) < 4.78 is 0. The van der Waals surface area contributed by atoms with Gasteiger partial charge in [0.05, 0.1) is 0 Å². The highest BCUT2D eigenvalue weighted by atomic mass is 15.2. The van der Waals surface area contributed by atoms with E-state index in [1.165, 1.54) is 25.8 Å². The maximum absolute atomic E-state index is 2.47. The molecule has 80 valence electrons. The molecule has 0 aromatic rings. The lowest BCUT2D eigenvalue weighted by Gasteiger charge is -2.34. The van der Waals surface area contributed by atoms with Crippen LogP contribution in [0.4, 0.5) is 0 Å². The predicted octanol–water partition coefficient (Wildman–Crippen LogP) is 3.54. The molecule has 0 aliphatic rings. The van der Waals surface area contributed by atoms with E-state index in [9.17, 15) is 0 Å². The molecular weight excluding hydrogens is 158 g/mol. The molecule has 0 bridgehead atoms. The first-order chi connectivity index (χ1) is 5.91. The molecule has 0 saturated heterocycles. The van der Waals surface area contributed by atoms with Crippen LogP contribution in [0.1, 0.15) is 53.9 Å². The minimum absolute atomic E-state index is 0.321. The van der Waals surface area contributed by atoms with E-state index in [1.807, 2.05) is 0 Å². The van der Waals surface area contributed by atoms with Crippen LogP contribution in [0.3, 0.4) is 0 Å². The first-order valence-corrected chi connectivity index (χ1v) is 5.63. The highest BCUT2D eigenvalue weighted by Crippen LogP contribution is 2.17. The molecular formula is C12H27N. The van der Waals surface area contributed by atoms with Gasteiger partial charge < -0.3 is 4.90 Å². The Morgan fingerprint density at radius 2 is 1.69 bits per heavy atom. The molecule has 0 saturated carbocycles. The van der Waals surface area contributed by atoms with E-state index in [0.717, 1.165) is 5.92 Å². The second kappa shape index (κ2) is 5.64. The van der Waals surface area contributed by atoms with E-state index in [4.69, 9.17) is 0 Å². The minimum Gasteiger partial charge on any atom is -0.301 e. The van der Waals surface area contributed by atoms with E-state index in [2.05, 4.69) is 46.6 Å². The van der Waals surface area contributed by atoms with E-state index in [0.29, 0.717) is 5.54 Å². The Kier molecular flexibility index (Phi) is 5.62. The highest BCUT2D eigenvalue weighted by Gasteiger charge is 2.19. The van der Waals surface area contributed by atoms with E-state index >= 15 is 0 Å². The van der Waals surface area contributed by atoms with Gasteiger partial charge in [0.1, 0.15) is 0 Å². The van der Waals surface area contributed by atoms with Crippen LogP contribution in [-0.2, 0) is 0 Å². The third-order valence-electron chi connectivity index (χ3n) is 2.95. The third kappa shape index (κ3) is 5.30. The molecule has 0 amide bonds. The Balaban J connectivity index is 3.93. The fourth-order valence-corrected chi connectivity index (χ4v) is 1.49. The first-order valence-electron chi connectivity index (χ1n) is 5.63. The summed E-state index contributed by atoms with van der Waals surface area (Å²) in [5, 5.41) is 0. The van der Waals surface area contributed by atoms with Crippen molar-refractivity contribution < 1.29 is 0 Å².